The molecule has 3 aromatic rings. The first kappa shape index (κ1) is 27.0. The molecule has 1 aliphatic heterocycles. The lowest BCUT2D eigenvalue weighted by atomic mass is 10.1. The Balaban J connectivity index is 1.55. The topological polar surface area (TPSA) is 102 Å². The number of fused-ring (bicyclic) bond motifs is 1. The van der Waals surface area contributed by atoms with Crippen molar-refractivity contribution in [3.63, 3.8) is 0 Å². The van der Waals surface area contributed by atoms with Gasteiger partial charge in [-0.25, -0.2) is 15.0 Å². The molecule has 1 saturated heterocycles. The summed E-state index contributed by atoms with van der Waals surface area (Å²) >= 11 is 6.41. The van der Waals surface area contributed by atoms with Gasteiger partial charge in [-0.1, -0.05) is 11.6 Å². The third-order valence-electron chi connectivity index (χ3n) is 5.91. The molecule has 198 valence electrons. The summed E-state index contributed by atoms with van der Waals surface area (Å²) in [6, 6.07) is 6.39. The number of aromatic nitrogens is 3. The van der Waals surface area contributed by atoms with E-state index in [-0.39, 0.29) is 17.1 Å². The molecule has 0 aliphatic carbocycles. The number of nitrogens with zero attached hydrogens (tertiary/aromatic N) is 4. The molecule has 3 heterocycles. The fourth-order valence-electron chi connectivity index (χ4n) is 4.07. The van der Waals surface area contributed by atoms with Crippen molar-refractivity contribution in [3.05, 3.63) is 58.6 Å². The van der Waals surface area contributed by atoms with E-state index in [1.54, 1.807) is 31.4 Å². The Morgan fingerprint density at radius 2 is 1.92 bits per heavy atom. The van der Waals surface area contributed by atoms with Crippen molar-refractivity contribution < 1.29 is 27.4 Å². The van der Waals surface area contributed by atoms with Crippen LogP contribution in [0, 0.1) is 0 Å². The number of methoxy groups -OCH3 is 1. The van der Waals surface area contributed by atoms with Crippen molar-refractivity contribution in [2.45, 2.75) is 12.2 Å². The number of hydrogen-bond acceptors (Lipinski definition) is 8. The zero-order chi connectivity index (χ0) is 26.4. The number of hydrogen-bond donors (Lipinski definition) is 2. The minimum atomic E-state index is -4.64. The molecule has 1 aromatic carbocycles. The number of halogens is 4. The summed E-state index contributed by atoms with van der Waals surface area (Å²) < 4.78 is 49.3. The van der Waals surface area contributed by atoms with Crippen LogP contribution >= 0.6 is 11.6 Å². The molecule has 0 spiro atoms. The van der Waals surface area contributed by atoms with Gasteiger partial charge in [-0.2, -0.15) is 13.2 Å². The average molecular weight is 539 g/mol. The monoisotopic (exact) mass is 538 g/mol. The molecule has 13 heteroatoms. The van der Waals surface area contributed by atoms with E-state index in [0.717, 1.165) is 12.4 Å². The van der Waals surface area contributed by atoms with Crippen molar-refractivity contribution in [3.8, 4) is 0 Å². The zero-order valence-corrected chi connectivity index (χ0v) is 20.8. The predicted octanol–water partition coefficient (Wildman–Crippen LogP) is 3.56. The summed E-state index contributed by atoms with van der Waals surface area (Å²) in [5.41, 5.74) is 1.30. The van der Waals surface area contributed by atoms with Crippen LogP contribution in [0.3, 0.4) is 0 Å². The second kappa shape index (κ2) is 12.0. The molecule has 9 nitrogen and oxygen atoms in total. The van der Waals surface area contributed by atoms with Crippen molar-refractivity contribution in [2.24, 2.45) is 0 Å². The molecule has 1 fully saturated rings. The third-order valence-corrected chi connectivity index (χ3v) is 6.23. The molecule has 1 amide bonds. The van der Waals surface area contributed by atoms with E-state index in [2.05, 4.69) is 25.6 Å². The maximum Gasteiger partial charge on any atom is 0.451 e. The SMILES string of the molecule is COCCNc1ccc2c(C(=O)NCC(c3cnc(C(F)(F)F)nc3)N3CCOCC3)c(Cl)ccc2n1. The predicted molar refractivity (Wildman–Crippen MR) is 132 cm³/mol. The van der Waals surface area contributed by atoms with E-state index in [0.29, 0.717) is 61.7 Å². The van der Waals surface area contributed by atoms with E-state index in [1.165, 1.54) is 0 Å². The number of rotatable bonds is 9. The van der Waals surface area contributed by atoms with Gasteiger partial charge in [0.05, 0.1) is 42.0 Å². The van der Waals surface area contributed by atoms with Crippen LogP contribution in [0.15, 0.2) is 36.7 Å². The normalized spacial score (nSPS) is 15.5. The van der Waals surface area contributed by atoms with Gasteiger partial charge in [-0.15, -0.1) is 0 Å². The molecule has 2 aromatic heterocycles. The number of carbonyl (C=O) groups is 1. The van der Waals surface area contributed by atoms with E-state index in [9.17, 15) is 18.0 Å². The number of anilines is 1. The summed E-state index contributed by atoms with van der Waals surface area (Å²) in [4.78, 5) is 26.8. The van der Waals surface area contributed by atoms with E-state index < -0.39 is 23.9 Å². The summed E-state index contributed by atoms with van der Waals surface area (Å²) in [5, 5.41) is 6.86. The molecule has 0 saturated carbocycles. The molecule has 1 unspecified atom stereocenters. The smallest absolute Gasteiger partial charge is 0.383 e. The molecule has 1 atom stereocenters. The average Bonchev–Trinajstić information content (AvgIpc) is 2.89. The molecule has 2 N–H and O–H groups in total. The van der Waals surface area contributed by atoms with Gasteiger partial charge in [-0.05, 0) is 24.3 Å². The van der Waals surface area contributed by atoms with Gasteiger partial charge in [0.2, 0.25) is 5.82 Å². The van der Waals surface area contributed by atoms with Gasteiger partial charge < -0.3 is 20.1 Å². The number of ether oxygens (including phenoxy) is 2. The second-order valence-electron chi connectivity index (χ2n) is 8.32. The number of amides is 1. The van der Waals surface area contributed by atoms with Crippen LogP contribution in [-0.4, -0.2) is 78.9 Å². The number of pyridine rings is 1. The van der Waals surface area contributed by atoms with Gasteiger partial charge >= 0.3 is 6.18 Å². The van der Waals surface area contributed by atoms with Crippen molar-refractivity contribution in [1.29, 1.82) is 0 Å². The first-order valence-corrected chi connectivity index (χ1v) is 12.0. The molecule has 37 heavy (non-hydrogen) atoms. The first-order valence-electron chi connectivity index (χ1n) is 11.6. The molecular weight excluding hydrogens is 513 g/mol. The Morgan fingerprint density at radius 3 is 2.59 bits per heavy atom. The highest BCUT2D eigenvalue weighted by Crippen LogP contribution is 2.29. The highest BCUT2D eigenvalue weighted by atomic mass is 35.5. The van der Waals surface area contributed by atoms with E-state index in [1.807, 2.05) is 4.90 Å². The summed E-state index contributed by atoms with van der Waals surface area (Å²) in [5.74, 6) is -1.01. The number of alkyl halides is 3. The Kier molecular flexibility index (Phi) is 8.75. The molecule has 0 bridgehead atoms. The molecule has 0 radical (unpaired) electrons. The van der Waals surface area contributed by atoms with E-state index >= 15 is 0 Å². The summed E-state index contributed by atoms with van der Waals surface area (Å²) in [6.45, 7) is 3.21. The Hall–Kier alpha value is -3.06. The lowest BCUT2D eigenvalue weighted by Gasteiger charge is -2.34. The number of carbonyl (C=O) groups excluding carboxylic acids is 1. The van der Waals surface area contributed by atoms with Crippen LogP contribution in [0.5, 0.6) is 0 Å². The van der Waals surface area contributed by atoms with E-state index in [4.69, 9.17) is 21.1 Å². The molecular formula is C24H26ClF3N6O3. The fraction of sp³-hybridized carbons (Fsp3) is 0.417. The van der Waals surface area contributed by atoms with Gasteiger partial charge in [0.15, 0.2) is 0 Å². The highest BCUT2D eigenvalue weighted by Gasteiger charge is 2.35. The Bertz CT molecular complexity index is 1220. The number of benzene rings is 1. The summed E-state index contributed by atoms with van der Waals surface area (Å²) in [6.07, 6.45) is -2.34. The maximum atomic E-state index is 13.3. The Labute approximate surface area is 216 Å². The maximum absolute atomic E-state index is 13.3. The van der Waals surface area contributed by atoms with Crippen LogP contribution < -0.4 is 10.6 Å². The molecule has 1 aliphatic rings. The fourth-order valence-corrected chi connectivity index (χ4v) is 4.32. The zero-order valence-electron chi connectivity index (χ0n) is 20.0. The summed E-state index contributed by atoms with van der Waals surface area (Å²) in [7, 11) is 1.61. The minimum absolute atomic E-state index is 0.102. The van der Waals surface area contributed by atoms with Gasteiger partial charge in [-0.3, -0.25) is 9.69 Å². The minimum Gasteiger partial charge on any atom is -0.383 e. The van der Waals surface area contributed by atoms with Crippen molar-refractivity contribution in [1.82, 2.24) is 25.2 Å². The number of nitrogens with one attached hydrogen (secondary N) is 2. The lowest BCUT2D eigenvalue weighted by Crippen LogP contribution is -2.44. The lowest BCUT2D eigenvalue weighted by molar-refractivity contribution is -0.145. The number of morpholine rings is 1. The van der Waals surface area contributed by atoms with Crippen LogP contribution in [0.1, 0.15) is 27.8 Å². The quantitative estimate of drug-likeness (QED) is 0.399. The van der Waals surface area contributed by atoms with Gasteiger partial charge in [0, 0.05) is 56.6 Å². The second-order valence-corrected chi connectivity index (χ2v) is 8.72. The largest absolute Gasteiger partial charge is 0.451 e. The van der Waals surface area contributed by atoms with Crippen molar-refractivity contribution in [2.75, 3.05) is 58.4 Å². The van der Waals surface area contributed by atoms with Gasteiger partial charge in [0.25, 0.3) is 5.91 Å². The van der Waals surface area contributed by atoms with Crippen LogP contribution in [0.4, 0.5) is 19.0 Å². The highest BCUT2D eigenvalue weighted by molar-refractivity contribution is 6.35. The standard InChI is InChI=1S/C24H26ClF3N6O3/c1-36-9-6-29-20-5-2-16-18(33-20)4-3-17(25)21(16)22(35)30-14-19(34-7-10-37-11-8-34)15-12-31-23(32-13-15)24(26,27)28/h2-5,12-13,19H,6-11,14H2,1H3,(H,29,33)(H,30,35). The third kappa shape index (κ3) is 6.63. The van der Waals surface area contributed by atoms with Crippen LogP contribution in [-0.2, 0) is 15.7 Å². The van der Waals surface area contributed by atoms with Gasteiger partial charge in [0.1, 0.15) is 5.82 Å². The Morgan fingerprint density at radius 1 is 1.19 bits per heavy atom. The van der Waals surface area contributed by atoms with Crippen molar-refractivity contribution >= 4 is 34.2 Å². The van der Waals surface area contributed by atoms with Crippen LogP contribution in [0.25, 0.3) is 10.9 Å². The molecule has 4 rings (SSSR count). The first-order chi connectivity index (χ1) is 17.8. The van der Waals surface area contributed by atoms with Crippen LogP contribution in [0.2, 0.25) is 5.02 Å².